The summed E-state index contributed by atoms with van der Waals surface area (Å²) < 4.78 is 6.80. The van der Waals surface area contributed by atoms with Crippen molar-refractivity contribution in [1.29, 1.82) is 0 Å². The molecule has 17 heavy (non-hydrogen) atoms. The molecule has 0 bridgehead atoms. The van der Waals surface area contributed by atoms with E-state index in [4.69, 9.17) is 4.74 Å². The summed E-state index contributed by atoms with van der Waals surface area (Å²) in [5.41, 5.74) is 0. The number of nitrogens with one attached hydrogen (secondary N) is 1. The first-order valence-corrected chi connectivity index (χ1v) is 5.77. The Hall–Kier alpha value is -1.33. The molecule has 0 fully saturated rings. The lowest BCUT2D eigenvalue weighted by Gasteiger charge is -2.10. The zero-order valence-corrected chi connectivity index (χ0v) is 10.1. The molecule has 0 aliphatic heterocycles. The van der Waals surface area contributed by atoms with E-state index in [1.165, 1.54) is 7.11 Å². The van der Waals surface area contributed by atoms with E-state index in [9.17, 15) is 9.90 Å². The Kier molecular flexibility index (Phi) is 6.35. The number of carbonyl (C=O) groups is 1. The fourth-order valence-electron chi connectivity index (χ4n) is 1.51. The number of hydrogen-bond acceptors (Lipinski definition) is 3. The molecule has 0 spiro atoms. The number of aliphatic hydroxyl groups is 1. The van der Waals surface area contributed by atoms with E-state index in [-0.39, 0.29) is 19.1 Å². The van der Waals surface area contributed by atoms with Crippen molar-refractivity contribution in [2.45, 2.75) is 25.5 Å². The summed E-state index contributed by atoms with van der Waals surface area (Å²) in [6, 6.07) is 3.92. The Morgan fingerprint density at radius 2 is 2.18 bits per heavy atom. The number of ether oxygens (including phenoxy) is 1. The quantitative estimate of drug-likeness (QED) is 0.691. The largest absolute Gasteiger partial charge is 0.389 e. The summed E-state index contributed by atoms with van der Waals surface area (Å²) in [4.78, 5) is 11.4. The molecule has 0 aliphatic carbocycles. The topological polar surface area (TPSA) is 63.5 Å². The fourth-order valence-corrected chi connectivity index (χ4v) is 1.51. The van der Waals surface area contributed by atoms with E-state index in [1.54, 1.807) is 0 Å². The smallest absolute Gasteiger partial charge is 0.220 e. The number of hydrogen-bond donors (Lipinski definition) is 2. The number of methoxy groups -OCH3 is 1. The molecule has 1 heterocycles. The number of aliphatic hydroxyl groups excluding tert-OH is 1. The standard InChI is InChI=1S/C12H20N2O3/c1-17-10-11(15)9-13-12(16)5-4-8-14-6-2-3-7-14/h2-3,6-7,11,15H,4-5,8-10H2,1H3,(H,13,16). The van der Waals surface area contributed by atoms with E-state index >= 15 is 0 Å². The number of aryl methyl sites for hydroxylation is 1. The molecule has 0 radical (unpaired) electrons. The number of aromatic nitrogens is 1. The van der Waals surface area contributed by atoms with Gasteiger partial charge in [-0.05, 0) is 18.6 Å². The van der Waals surface area contributed by atoms with Crippen LogP contribution in [0.5, 0.6) is 0 Å². The van der Waals surface area contributed by atoms with Gasteiger partial charge in [0, 0.05) is 39.0 Å². The van der Waals surface area contributed by atoms with Crippen molar-refractivity contribution >= 4 is 5.91 Å². The van der Waals surface area contributed by atoms with Crippen LogP contribution in [0.25, 0.3) is 0 Å². The molecule has 0 aromatic carbocycles. The molecule has 1 unspecified atom stereocenters. The van der Waals surface area contributed by atoms with Gasteiger partial charge in [0.25, 0.3) is 0 Å². The van der Waals surface area contributed by atoms with Crippen LogP contribution in [0.3, 0.4) is 0 Å². The number of nitrogens with zero attached hydrogens (tertiary/aromatic N) is 1. The van der Waals surface area contributed by atoms with Crippen molar-refractivity contribution in [2.75, 3.05) is 20.3 Å². The first-order chi connectivity index (χ1) is 8.22. The Labute approximate surface area is 101 Å². The van der Waals surface area contributed by atoms with E-state index in [2.05, 4.69) is 5.32 Å². The third kappa shape index (κ3) is 6.09. The van der Waals surface area contributed by atoms with E-state index in [0.29, 0.717) is 6.42 Å². The number of amides is 1. The summed E-state index contributed by atoms with van der Waals surface area (Å²) in [5.74, 6) is -0.0349. The Balaban J connectivity index is 2.05. The van der Waals surface area contributed by atoms with E-state index in [0.717, 1.165) is 13.0 Å². The predicted molar refractivity (Wildman–Crippen MR) is 64.6 cm³/mol. The molecular formula is C12H20N2O3. The van der Waals surface area contributed by atoms with E-state index < -0.39 is 6.10 Å². The maximum absolute atomic E-state index is 11.4. The minimum absolute atomic E-state index is 0.0349. The molecular weight excluding hydrogens is 220 g/mol. The summed E-state index contributed by atoms with van der Waals surface area (Å²) >= 11 is 0. The van der Waals surface area contributed by atoms with Crippen molar-refractivity contribution in [3.8, 4) is 0 Å². The molecule has 2 N–H and O–H groups in total. The fraction of sp³-hybridized carbons (Fsp3) is 0.583. The minimum atomic E-state index is -0.631. The maximum Gasteiger partial charge on any atom is 0.220 e. The first kappa shape index (κ1) is 13.7. The highest BCUT2D eigenvalue weighted by Gasteiger charge is 2.06. The average Bonchev–Trinajstić information content (AvgIpc) is 2.80. The van der Waals surface area contributed by atoms with E-state index in [1.807, 2.05) is 29.1 Å². The lowest BCUT2D eigenvalue weighted by molar-refractivity contribution is -0.121. The minimum Gasteiger partial charge on any atom is -0.389 e. The molecule has 1 amide bonds. The lowest BCUT2D eigenvalue weighted by Crippen LogP contribution is -2.34. The van der Waals surface area contributed by atoms with Crippen LogP contribution in [0.4, 0.5) is 0 Å². The maximum atomic E-state index is 11.4. The number of rotatable bonds is 8. The van der Waals surface area contributed by atoms with Gasteiger partial charge in [0.15, 0.2) is 0 Å². The second-order valence-corrected chi connectivity index (χ2v) is 3.94. The van der Waals surface area contributed by atoms with Gasteiger partial charge in [-0.15, -0.1) is 0 Å². The van der Waals surface area contributed by atoms with Crippen LogP contribution in [0, 0.1) is 0 Å². The molecule has 1 rings (SSSR count). The zero-order valence-electron chi connectivity index (χ0n) is 10.1. The second kappa shape index (κ2) is 7.86. The molecule has 1 aromatic heterocycles. The molecule has 5 nitrogen and oxygen atoms in total. The van der Waals surface area contributed by atoms with Crippen LogP contribution in [0.2, 0.25) is 0 Å². The third-order valence-corrected chi connectivity index (χ3v) is 2.38. The Morgan fingerprint density at radius 3 is 2.82 bits per heavy atom. The second-order valence-electron chi connectivity index (χ2n) is 3.94. The van der Waals surface area contributed by atoms with Crippen molar-refractivity contribution in [3.05, 3.63) is 24.5 Å². The molecule has 5 heteroatoms. The van der Waals surface area contributed by atoms with Gasteiger partial charge in [-0.2, -0.15) is 0 Å². The van der Waals surface area contributed by atoms with Crippen molar-refractivity contribution in [3.63, 3.8) is 0 Å². The summed E-state index contributed by atoms with van der Waals surface area (Å²) in [5, 5.41) is 12.0. The normalized spacial score (nSPS) is 12.4. The van der Waals surface area contributed by atoms with Crippen molar-refractivity contribution < 1.29 is 14.6 Å². The Morgan fingerprint density at radius 1 is 1.47 bits per heavy atom. The van der Waals surface area contributed by atoms with Crippen LogP contribution < -0.4 is 5.32 Å². The summed E-state index contributed by atoms with van der Waals surface area (Å²) in [6.45, 7) is 1.32. The highest BCUT2D eigenvalue weighted by Crippen LogP contribution is 1.96. The van der Waals surface area contributed by atoms with Crippen LogP contribution in [0.15, 0.2) is 24.5 Å². The van der Waals surface area contributed by atoms with Gasteiger partial charge < -0.3 is 19.7 Å². The molecule has 1 aromatic rings. The lowest BCUT2D eigenvalue weighted by atomic mass is 10.3. The zero-order chi connectivity index (χ0) is 12.5. The number of carbonyl (C=O) groups excluding carboxylic acids is 1. The molecule has 96 valence electrons. The van der Waals surface area contributed by atoms with Gasteiger partial charge in [0.2, 0.25) is 5.91 Å². The SMILES string of the molecule is COCC(O)CNC(=O)CCCn1cccc1. The first-order valence-electron chi connectivity index (χ1n) is 5.77. The average molecular weight is 240 g/mol. The van der Waals surface area contributed by atoms with Gasteiger partial charge in [-0.1, -0.05) is 0 Å². The van der Waals surface area contributed by atoms with Crippen LogP contribution >= 0.6 is 0 Å². The van der Waals surface area contributed by atoms with Gasteiger partial charge in [0.1, 0.15) is 0 Å². The van der Waals surface area contributed by atoms with Crippen LogP contribution in [-0.2, 0) is 16.1 Å². The van der Waals surface area contributed by atoms with Gasteiger partial charge in [0.05, 0.1) is 12.7 Å². The summed E-state index contributed by atoms with van der Waals surface area (Å²) in [7, 11) is 1.52. The van der Waals surface area contributed by atoms with Crippen molar-refractivity contribution in [1.82, 2.24) is 9.88 Å². The molecule has 1 atom stereocenters. The third-order valence-electron chi connectivity index (χ3n) is 2.38. The van der Waals surface area contributed by atoms with Crippen LogP contribution in [-0.4, -0.2) is 41.9 Å². The Bertz CT molecular complexity index is 312. The molecule has 0 saturated heterocycles. The van der Waals surface area contributed by atoms with Gasteiger partial charge in [-0.25, -0.2) is 0 Å². The predicted octanol–water partition coefficient (Wildman–Crippen LogP) is 0.392. The van der Waals surface area contributed by atoms with Crippen LogP contribution in [0.1, 0.15) is 12.8 Å². The monoisotopic (exact) mass is 240 g/mol. The molecule has 0 saturated carbocycles. The highest BCUT2D eigenvalue weighted by molar-refractivity contribution is 5.75. The van der Waals surface area contributed by atoms with Gasteiger partial charge >= 0.3 is 0 Å². The molecule has 0 aliphatic rings. The summed E-state index contributed by atoms with van der Waals surface area (Å²) in [6.07, 6.45) is 4.58. The van der Waals surface area contributed by atoms with Gasteiger partial charge in [-0.3, -0.25) is 4.79 Å². The highest BCUT2D eigenvalue weighted by atomic mass is 16.5. The van der Waals surface area contributed by atoms with Crippen molar-refractivity contribution in [2.24, 2.45) is 0 Å².